The lowest BCUT2D eigenvalue weighted by Crippen LogP contribution is -2.46. The maximum absolute atomic E-state index is 14.4. The van der Waals surface area contributed by atoms with Crippen molar-refractivity contribution in [3.05, 3.63) is 144 Å². The van der Waals surface area contributed by atoms with E-state index in [-0.39, 0.29) is 36.4 Å². The van der Waals surface area contributed by atoms with Crippen LogP contribution in [0.3, 0.4) is 0 Å². The predicted octanol–water partition coefficient (Wildman–Crippen LogP) is 8.94. The highest BCUT2D eigenvalue weighted by atomic mass is 16.5. The highest BCUT2D eigenvalue weighted by Gasteiger charge is 2.57. The van der Waals surface area contributed by atoms with E-state index in [1.54, 1.807) is 6.07 Å². The second kappa shape index (κ2) is 15.4. The average molecular weight is 719 g/mol. The van der Waals surface area contributed by atoms with Gasteiger partial charge in [-0.1, -0.05) is 85.3 Å². The lowest BCUT2D eigenvalue weighted by molar-refractivity contribution is -0.122. The van der Waals surface area contributed by atoms with E-state index >= 15 is 0 Å². The zero-order valence-electron chi connectivity index (χ0n) is 30.2. The number of phenolic OH excluding ortho intramolecular Hbond substituents is 1. The van der Waals surface area contributed by atoms with Crippen LogP contribution < -0.4 is 15.0 Å². The highest BCUT2D eigenvalue weighted by molar-refractivity contribution is 6.43. The molecule has 8 rings (SSSR count). The minimum atomic E-state index is -1.07. The van der Waals surface area contributed by atoms with Crippen molar-refractivity contribution in [3.8, 4) is 11.5 Å². The van der Waals surface area contributed by atoms with Gasteiger partial charge in [0.25, 0.3) is 0 Å². The van der Waals surface area contributed by atoms with Crippen molar-refractivity contribution in [2.75, 3.05) is 16.8 Å². The fourth-order valence-electron chi connectivity index (χ4n) is 8.54. The Morgan fingerprint density at radius 1 is 0.852 bits per heavy atom. The Labute approximate surface area is 315 Å². The van der Waals surface area contributed by atoms with Crippen molar-refractivity contribution in [1.29, 1.82) is 0 Å². The Kier molecular flexibility index (Phi) is 10.1. The van der Waals surface area contributed by atoms with E-state index in [9.17, 15) is 19.7 Å². The zero-order valence-corrected chi connectivity index (χ0v) is 30.2. The minimum Gasteiger partial charge on any atom is -0.507 e. The van der Waals surface area contributed by atoms with Gasteiger partial charge in [-0.3, -0.25) is 14.5 Å². The monoisotopic (exact) mass is 718 g/mol. The number of ether oxygens (including phenoxy) is 1. The highest BCUT2D eigenvalue weighted by Crippen LogP contribution is 2.51. The summed E-state index contributed by atoms with van der Waals surface area (Å²) in [5.74, 6) is -1.04. The first-order chi connectivity index (χ1) is 26.4. The third kappa shape index (κ3) is 7.05. The Hall–Kier alpha value is -5.64. The van der Waals surface area contributed by atoms with Gasteiger partial charge in [0.05, 0.1) is 23.6 Å². The molecule has 2 heterocycles. The molecule has 2 aliphatic heterocycles. The van der Waals surface area contributed by atoms with Gasteiger partial charge in [0, 0.05) is 16.8 Å². The third-order valence-electron chi connectivity index (χ3n) is 11.1. The number of nitrogens with zero attached hydrogens (tertiary/aromatic N) is 1. The molecule has 0 spiro atoms. The van der Waals surface area contributed by atoms with Crippen LogP contribution in [0.15, 0.2) is 138 Å². The molecule has 5 aromatic carbocycles. The molecule has 3 aliphatic rings. The molecule has 54 heavy (non-hydrogen) atoms. The van der Waals surface area contributed by atoms with Crippen molar-refractivity contribution < 1.29 is 29.1 Å². The number of benzene rings is 5. The number of para-hydroxylation sites is 2. The van der Waals surface area contributed by atoms with Crippen LogP contribution in [-0.4, -0.2) is 41.8 Å². The first-order valence-electron chi connectivity index (χ1n) is 18.8. The number of hydrogen-bond acceptors (Lipinski definition) is 7. The SMILES string of the molecule is CC/C(=C\c1ccc(O)c2ccccc12)CC[C@H]1OB(O)C[C@H]2C1=C(COc1ccccc1)C[C@H]1C(=O)N(c3ccc(Nc4ccccc4)cc3)C(=O)[C@H]12. The van der Waals surface area contributed by atoms with Gasteiger partial charge in [0.1, 0.15) is 18.1 Å². The summed E-state index contributed by atoms with van der Waals surface area (Å²) < 4.78 is 12.6. The topological polar surface area (TPSA) is 108 Å². The number of carbonyl (C=O) groups excluding carboxylic acids is 2. The number of aromatic hydroxyl groups is 1. The van der Waals surface area contributed by atoms with Crippen LogP contribution in [0.4, 0.5) is 17.1 Å². The lowest BCUT2D eigenvalue weighted by Gasteiger charge is -2.43. The van der Waals surface area contributed by atoms with E-state index < -0.39 is 25.1 Å². The Balaban J connectivity index is 1.08. The first-order valence-corrected chi connectivity index (χ1v) is 18.8. The van der Waals surface area contributed by atoms with Gasteiger partial charge < -0.3 is 24.8 Å². The molecule has 1 aliphatic carbocycles. The third-order valence-corrected chi connectivity index (χ3v) is 11.1. The Bertz CT molecular complexity index is 2220. The molecule has 0 aromatic heterocycles. The fraction of sp³-hybridized carbons (Fsp3) is 0.244. The van der Waals surface area contributed by atoms with Crippen LogP contribution >= 0.6 is 0 Å². The second-order valence-corrected chi connectivity index (χ2v) is 14.4. The number of carbonyl (C=O) groups is 2. The molecule has 0 unspecified atom stereocenters. The summed E-state index contributed by atoms with van der Waals surface area (Å²) in [6, 6.07) is 38.3. The minimum absolute atomic E-state index is 0.222. The summed E-state index contributed by atoms with van der Waals surface area (Å²) in [5.41, 5.74) is 6.48. The van der Waals surface area contributed by atoms with Crippen molar-refractivity contribution in [1.82, 2.24) is 0 Å². The average Bonchev–Trinajstić information content (AvgIpc) is 3.45. The molecule has 0 radical (unpaired) electrons. The zero-order chi connectivity index (χ0) is 37.2. The summed E-state index contributed by atoms with van der Waals surface area (Å²) in [6.45, 7) is 2.38. The Morgan fingerprint density at radius 3 is 2.28 bits per heavy atom. The molecule has 2 amide bonds. The van der Waals surface area contributed by atoms with Crippen LogP contribution in [-0.2, 0) is 14.2 Å². The first kappa shape index (κ1) is 35.4. The molecule has 9 heteroatoms. The van der Waals surface area contributed by atoms with Gasteiger partial charge in [-0.25, -0.2) is 0 Å². The van der Waals surface area contributed by atoms with Gasteiger partial charge in [-0.15, -0.1) is 0 Å². The van der Waals surface area contributed by atoms with E-state index in [1.165, 1.54) is 10.5 Å². The lowest BCUT2D eigenvalue weighted by atomic mass is 9.58. The number of imide groups is 1. The molecule has 8 nitrogen and oxygen atoms in total. The van der Waals surface area contributed by atoms with Crippen LogP contribution in [0.25, 0.3) is 16.8 Å². The number of nitrogens with one attached hydrogen (secondary N) is 1. The van der Waals surface area contributed by atoms with E-state index in [0.29, 0.717) is 24.9 Å². The normalized spacial score (nSPS) is 21.3. The van der Waals surface area contributed by atoms with E-state index in [4.69, 9.17) is 9.39 Å². The fourth-order valence-corrected chi connectivity index (χ4v) is 8.54. The van der Waals surface area contributed by atoms with E-state index in [1.807, 2.05) is 115 Å². The smallest absolute Gasteiger partial charge is 0.455 e. The standard InChI is InChI=1S/C45H43BN2O6/c1-2-29(25-30-18-23-40(49)37-16-10-9-15-36(30)37)17-24-41-42-31(28-53-35-13-7-4-8-14-35)26-38-43(39(42)27-46(52)54-41)45(51)48(44(38)50)34-21-19-33(20-22-34)47-32-11-5-3-6-12-32/h3-16,18-23,25,38-39,41,43,47,49,52H,2,17,24,26-28H2,1H3/b29-25+/t38-,39+,41-,43-/m1/s1. The van der Waals surface area contributed by atoms with Crippen LogP contribution in [0.2, 0.25) is 6.32 Å². The molecular weight excluding hydrogens is 675 g/mol. The number of anilines is 3. The largest absolute Gasteiger partial charge is 0.507 e. The molecule has 2 saturated heterocycles. The van der Waals surface area contributed by atoms with Gasteiger partial charge in [0.15, 0.2) is 0 Å². The summed E-state index contributed by atoms with van der Waals surface area (Å²) >= 11 is 0. The molecule has 3 N–H and O–H groups in total. The van der Waals surface area contributed by atoms with Gasteiger partial charge >= 0.3 is 7.12 Å². The summed E-state index contributed by atoms with van der Waals surface area (Å²) in [4.78, 5) is 30.0. The molecule has 4 atom stereocenters. The van der Waals surface area contributed by atoms with Gasteiger partial charge in [0.2, 0.25) is 11.8 Å². The number of allylic oxidation sites excluding steroid dienone is 1. The van der Waals surface area contributed by atoms with Crippen molar-refractivity contribution in [3.63, 3.8) is 0 Å². The number of phenols is 1. The van der Waals surface area contributed by atoms with Crippen molar-refractivity contribution in [2.45, 2.75) is 45.0 Å². The molecular formula is C45H43BN2O6. The molecule has 0 bridgehead atoms. The number of hydrogen-bond donors (Lipinski definition) is 3. The maximum Gasteiger partial charge on any atom is 0.455 e. The second-order valence-electron chi connectivity index (χ2n) is 14.4. The summed E-state index contributed by atoms with van der Waals surface area (Å²) in [6.07, 6.45) is 4.43. The molecule has 272 valence electrons. The molecule has 5 aromatic rings. The summed E-state index contributed by atoms with van der Waals surface area (Å²) in [7, 11) is -1.07. The quantitative estimate of drug-likeness (QED) is 0.0711. The van der Waals surface area contributed by atoms with E-state index in [0.717, 1.165) is 51.0 Å². The van der Waals surface area contributed by atoms with Gasteiger partial charge in [-0.05, 0) is 115 Å². The van der Waals surface area contributed by atoms with Crippen LogP contribution in [0, 0.1) is 17.8 Å². The van der Waals surface area contributed by atoms with E-state index in [2.05, 4.69) is 18.3 Å². The Morgan fingerprint density at radius 2 is 1.54 bits per heavy atom. The van der Waals surface area contributed by atoms with Crippen LogP contribution in [0.5, 0.6) is 11.5 Å². The van der Waals surface area contributed by atoms with Crippen molar-refractivity contribution in [2.24, 2.45) is 17.8 Å². The van der Waals surface area contributed by atoms with Crippen LogP contribution in [0.1, 0.15) is 38.2 Å². The van der Waals surface area contributed by atoms with Crippen molar-refractivity contribution >= 4 is 52.8 Å². The molecule has 2 fully saturated rings. The maximum atomic E-state index is 14.4. The van der Waals surface area contributed by atoms with Gasteiger partial charge in [-0.2, -0.15) is 0 Å². The number of fused-ring (bicyclic) bond motifs is 4. The summed E-state index contributed by atoms with van der Waals surface area (Å²) in [5, 5.41) is 26.8. The number of amides is 2. The predicted molar refractivity (Wildman–Crippen MR) is 213 cm³/mol. The number of rotatable bonds is 11. The molecule has 0 saturated carbocycles.